The molecule has 0 aliphatic rings. The minimum atomic E-state index is 0.00198. The molecule has 3 nitrogen and oxygen atoms in total. The second kappa shape index (κ2) is 5.94. The molecule has 0 aliphatic heterocycles. The van der Waals surface area contributed by atoms with Crippen LogP contribution in [0.3, 0.4) is 0 Å². The van der Waals surface area contributed by atoms with E-state index in [9.17, 15) is 5.11 Å². The van der Waals surface area contributed by atoms with Gasteiger partial charge in [0.25, 0.3) is 0 Å². The number of rotatable bonds is 4. The van der Waals surface area contributed by atoms with E-state index in [1.807, 2.05) is 61.5 Å². The molecule has 0 saturated heterocycles. The van der Waals surface area contributed by atoms with Gasteiger partial charge in [-0.3, -0.25) is 4.98 Å². The van der Waals surface area contributed by atoms with Crippen molar-refractivity contribution in [3.8, 4) is 5.75 Å². The van der Waals surface area contributed by atoms with Gasteiger partial charge in [0.1, 0.15) is 12.4 Å². The second-order valence-electron chi connectivity index (χ2n) is 5.03. The van der Waals surface area contributed by atoms with Crippen LogP contribution in [0.15, 0.2) is 54.6 Å². The molecule has 1 aromatic heterocycles. The number of benzene rings is 2. The normalized spacial score (nSPS) is 10.8. The third kappa shape index (κ3) is 3.03. The summed E-state index contributed by atoms with van der Waals surface area (Å²) in [6.45, 7) is 2.46. The van der Waals surface area contributed by atoms with Crippen LogP contribution < -0.4 is 4.74 Å². The zero-order valence-electron chi connectivity index (χ0n) is 11.9. The number of ether oxygens (including phenoxy) is 1. The molecule has 2 aromatic carbocycles. The van der Waals surface area contributed by atoms with Crippen LogP contribution in [-0.4, -0.2) is 10.1 Å². The number of aromatic nitrogens is 1. The predicted molar refractivity (Wildman–Crippen MR) is 83.2 cm³/mol. The Balaban J connectivity index is 1.88. The molecule has 0 radical (unpaired) electrons. The Morgan fingerprint density at radius 3 is 2.62 bits per heavy atom. The number of hydrogen-bond acceptors (Lipinski definition) is 3. The largest absolute Gasteiger partial charge is 0.489 e. The quantitative estimate of drug-likeness (QED) is 0.793. The zero-order chi connectivity index (χ0) is 14.7. The molecule has 3 heteroatoms. The lowest BCUT2D eigenvalue weighted by Gasteiger charge is -2.10. The summed E-state index contributed by atoms with van der Waals surface area (Å²) < 4.78 is 5.82. The van der Waals surface area contributed by atoms with Gasteiger partial charge in [0.05, 0.1) is 12.1 Å². The molecular formula is C18H17NO2. The minimum absolute atomic E-state index is 0.00198. The average Bonchev–Trinajstić information content (AvgIpc) is 2.53. The molecule has 1 N–H and O–H groups in total. The first-order chi connectivity index (χ1) is 10.3. The fraction of sp³-hybridized carbons (Fsp3) is 0.167. The number of aliphatic hydroxyl groups excluding tert-OH is 1. The van der Waals surface area contributed by atoms with Gasteiger partial charge >= 0.3 is 0 Å². The Morgan fingerprint density at radius 2 is 1.86 bits per heavy atom. The lowest BCUT2D eigenvalue weighted by molar-refractivity contribution is 0.283. The minimum Gasteiger partial charge on any atom is -0.489 e. The third-order valence-electron chi connectivity index (χ3n) is 3.41. The standard InChI is InChI=1S/C18H17NO2/c1-13-9-15(11-20)17-10-16(7-8-18(17)19-13)21-12-14-5-3-2-4-6-14/h2-10,20H,11-12H2,1H3. The molecular weight excluding hydrogens is 262 g/mol. The first kappa shape index (κ1) is 13.6. The first-order valence-electron chi connectivity index (χ1n) is 6.94. The van der Waals surface area contributed by atoms with Crippen molar-refractivity contribution in [1.29, 1.82) is 0 Å². The van der Waals surface area contributed by atoms with Crippen molar-refractivity contribution in [2.75, 3.05) is 0 Å². The fourth-order valence-corrected chi connectivity index (χ4v) is 2.38. The molecule has 0 amide bonds. The van der Waals surface area contributed by atoms with Crippen LogP contribution >= 0.6 is 0 Å². The van der Waals surface area contributed by atoms with Gasteiger partial charge in [0.15, 0.2) is 0 Å². The molecule has 0 bridgehead atoms. The maximum absolute atomic E-state index is 9.49. The van der Waals surface area contributed by atoms with Crippen LogP contribution in [0.25, 0.3) is 10.9 Å². The number of aliphatic hydroxyl groups is 1. The van der Waals surface area contributed by atoms with Gasteiger partial charge in [-0.05, 0) is 42.3 Å². The zero-order valence-corrected chi connectivity index (χ0v) is 11.9. The van der Waals surface area contributed by atoms with Gasteiger partial charge < -0.3 is 9.84 Å². The molecule has 0 fully saturated rings. The summed E-state index contributed by atoms with van der Waals surface area (Å²) in [7, 11) is 0. The predicted octanol–water partition coefficient (Wildman–Crippen LogP) is 3.61. The molecule has 0 spiro atoms. The SMILES string of the molecule is Cc1cc(CO)c2cc(OCc3ccccc3)ccc2n1. The molecule has 1 heterocycles. The molecule has 21 heavy (non-hydrogen) atoms. The Labute approximate surface area is 123 Å². The Morgan fingerprint density at radius 1 is 1.05 bits per heavy atom. The summed E-state index contributed by atoms with van der Waals surface area (Å²) in [5.74, 6) is 0.784. The van der Waals surface area contributed by atoms with E-state index in [1.165, 1.54) is 0 Å². The Hall–Kier alpha value is -2.39. The van der Waals surface area contributed by atoms with Gasteiger partial charge in [-0.25, -0.2) is 0 Å². The molecule has 3 rings (SSSR count). The van der Waals surface area contributed by atoms with Crippen LogP contribution in [0.2, 0.25) is 0 Å². The van der Waals surface area contributed by atoms with E-state index in [2.05, 4.69) is 4.98 Å². The highest BCUT2D eigenvalue weighted by Gasteiger charge is 2.05. The van der Waals surface area contributed by atoms with E-state index in [0.29, 0.717) is 6.61 Å². The smallest absolute Gasteiger partial charge is 0.120 e. The van der Waals surface area contributed by atoms with Crippen LogP contribution in [0.5, 0.6) is 5.75 Å². The van der Waals surface area contributed by atoms with Crippen molar-refractivity contribution in [2.45, 2.75) is 20.1 Å². The molecule has 0 unspecified atom stereocenters. The summed E-state index contributed by atoms with van der Waals surface area (Å²) in [5, 5.41) is 10.4. The first-order valence-corrected chi connectivity index (χ1v) is 6.94. The van der Waals surface area contributed by atoms with Crippen LogP contribution in [-0.2, 0) is 13.2 Å². The van der Waals surface area contributed by atoms with Gasteiger partial charge in [-0.1, -0.05) is 30.3 Å². The maximum atomic E-state index is 9.49. The molecule has 0 saturated carbocycles. The van der Waals surface area contributed by atoms with Crippen molar-refractivity contribution < 1.29 is 9.84 Å². The molecule has 106 valence electrons. The van der Waals surface area contributed by atoms with Crippen LogP contribution in [0.4, 0.5) is 0 Å². The molecule has 0 atom stereocenters. The van der Waals surface area contributed by atoms with Crippen molar-refractivity contribution >= 4 is 10.9 Å². The van der Waals surface area contributed by atoms with Crippen molar-refractivity contribution in [3.63, 3.8) is 0 Å². The topological polar surface area (TPSA) is 42.4 Å². The summed E-state index contributed by atoms with van der Waals surface area (Å²) >= 11 is 0. The molecule has 3 aromatic rings. The Bertz CT molecular complexity index is 754. The van der Waals surface area contributed by atoms with Crippen molar-refractivity contribution in [3.05, 3.63) is 71.4 Å². The number of aryl methyl sites for hydroxylation is 1. The number of hydrogen-bond donors (Lipinski definition) is 1. The van der Waals surface area contributed by atoms with Gasteiger partial charge in [0, 0.05) is 11.1 Å². The molecule has 0 aliphatic carbocycles. The number of fused-ring (bicyclic) bond motifs is 1. The van der Waals surface area contributed by atoms with E-state index in [-0.39, 0.29) is 6.61 Å². The van der Waals surface area contributed by atoms with Crippen molar-refractivity contribution in [1.82, 2.24) is 4.98 Å². The number of nitrogens with zero attached hydrogens (tertiary/aromatic N) is 1. The second-order valence-corrected chi connectivity index (χ2v) is 5.03. The van der Waals surface area contributed by atoms with Crippen molar-refractivity contribution in [2.24, 2.45) is 0 Å². The lowest BCUT2D eigenvalue weighted by Crippen LogP contribution is -1.96. The summed E-state index contributed by atoms with van der Waals surface area (Å²) in [5.41, 5.74) is 3.79. The maximum Gasteiger partial charge on any atom is 0.120 e. The number of pyridine rings is 1. The van der Waals surface area contributed by atoms with E-state index in [0.717, 1.165) is 33.5 Å². The average molecular weight is 279 g/mol. The lowest BCUT2D eigenvalue weighted by atomic mass is 10.1. The van der Waals surface area contributed by atoms with Gasteiger partial charge in [-0.2, -0.15) is 0 Å². The summed E-state index contributed by atoms with van der Waals surface area (Å²) in [6, 6.07) is 17.7. The van der Waals surface area contributed by atoms with Crippen LogP contribution in [0.1, 0.15) is 16.8 Å². The van der Waals surface area contributed by atoms with E-state index in [1.54, 1.807) is 0 Å². The highest BCUT2D eigenvalue weighted by Crippen LogP contribution is 2.24. The highest BCUT2D eigenvalue weighted by atomic mass is 16.5. The Kier molecular flexibility index (Phi) is 3.84. The van der Waals surface area contributed by atoms with Gasteiger partial charge in [-0.15, -0.1) is 0 Å². The highest BCUT2D eigenvalue weighted by molar-refractivity contribution is 5.83. The van der Waals surface area contributed by atoms with E-state index in [4.69, 9.17) is 4.74 Å². The van der Waals surface area contributed by atoms with E-state index < -0.39 is 0 Å². The third-order valence-corrected chi connectivity index (χ3v) is 3.41. The summed E-state index contributed by atoms with van der Waals surface area (Å²) in [6.07, 6.45) is 0. The van der Waals surface area contributed by atoms with E-state index >= 15 is 0 Å². The summed E-state index contributed by atoms with van der Waals surface area (Å²) in [4.78, 5) is 4.48. The fourth-order valence-electron chi connectivity index (χ4n) is 2.38. The monoisotopic (exact) mass is 279 g/mol. The van der Waals surface area contributed by atoms with Gasteiger partial charge in [0.2, 0.25) is 0 Å². The van der Waals surface area contributed by atoms with Crippen LogP contribution in [0, 0.1) is 6.92 Å².